The number of carbonyl (C=O) groups excluding carboxylic acids is 1. The maximum absolute atomic E-state index is 11.3. The van der Waals surface area contributed by atoms with Crippen molar-refractivity contribution in [3.05, 3.63) is 82.8 Å². The first-order valence-corrected chi connectivity index (χ1v) is 14.2. The summed E-state index contributed by atoms with van der Waals surface area (Å²) in [5, 5.41) is 11.1. The first-order chi connectivity index (χ1) is 19.4. The van der Waals surface area contributed by atoms with Crippen LogP contribution in [-0.2, 0) is 0 Å². The molecule has 6 rings (SSSR count). The van der Waals surface area contributed by atoms with Crippen LogP contribution in [0.5, 0.6) is 0 Å². The predicted octanol–water partition coefficient (Wildman–Crippen LogP) is 7.42. The van der Waals surface area contributed by atoms with Crippen molar-refractivity contribution in [2.45, 2.75) is 35.7 Å². The lowest BCUT2D eigenvalue weighted by Gasteiger charge is -2.29. The third-order valence-electron chi connectivity index (χ3n) is 7.49. The monoisotopic (exact) mass is 567 g/mol. The minimum Gasteiger partial charge on any atom is -0.435 e. The number of likely N-dealkylation sites (tertiary alicyclic amines) is 1. The molecule has 0 atom stereocenters. The van der Waals surface area contributed by atoms with Crippen LogP contribution in [0.4, 0.5) is 0 Å². The average Bonchev–Trinajstić information content (AvgIpc) is 3.61. The molecular weight excluding hydrogens is 542 g/mol. The van der Waals surface area contributed by atoms with Gasteiger partial charge in [-0.1, -0.05) is 47.6 Å². The Balaban J connectivity index is 1.32. The summed E-state index contributed by atoms with van der Waals surface area (Å²) < 4.78 is 8.27. The molecule has 0 amide bonds. The molecule has 2 aromatic heterocycles. The fourth-order valence-corrected chi connectivity index (χ4v) is 6.44. The molecule has 0 aliphatic carbocycles. The summed E-state index contributed by atoms with van der Waals surface area (Å²) in [6.45, 7) is 4.20. The summed E-state index contributed by atoms with van der Waals surface area (Å²) in [4.78, 5) is 23.9. The number of rotatable bonds is 6. The number of piperidine rings is 1. The molecule has 0 spiro atoms. The molecule has 0 radical (unpaired) electrons. The van der Waals surface area contributed by atoms with Gasteiger partial charge in [-0.3, -0.25) is 4.79 Å². The van der Waals surface area contributed by atoms with Crippen LogP contribution >= 0.6 is 23.4 Å². The van der Waals surface area contributed by atoms with Crippen LogP contribution in [0, 0.1) is 18.3 Å². The molecule has 3 heterocycles. The van der Waals surface area contributed by atoms with E-state index in [2.05, 4.69) is 38.7 Å². The molecule has 3 aromatic carbocycles. The largest absolute Gasteiger partial charge is 0.435 e. The van der Waals surface area contributed by atoms with Gasteiger partial charge >= 0.3 is 0 Å². The third kappa shape index (κ3) is 4.92. The van der Waals surface area contributed by atoms with Crippen LogP contribution in [0.3, 0.4) is 0 Å². The molecular formula is C31H26ClN5O2S. The van der Waals surface area contributed by atoms with Crippen molar-refractivity contribution in [1.29, 1.82) is 5.26 Å². The minimum atomic E-state index is 0.276. The van der Waals surface area contributed by atoms with E-state index >= 15 is 0 Å². The van der Waals surface area contributed by atoms with Crippen molar-refractivity contribution < 1.29 is 9.21 Å². The molecule has 7 nitrogen and oxygen atoms in total. The first kappa shape index (κ1) is 26.3. The zero-order chi connectivity index (χ0) is 27.8. The number of nitriles is 1. The van der Waals surface area contributed by atoms with Crippen LogP contribution in [0.1, 0.15) is 40.4 Å². The highest BCUT2D eigenvalue weighted by atomic mass is 35.5. The fourth-order valence-electron chi connectivity index (χ4n) is 5.25. The quantitative estimate of drug-likeness (QED) is 0.197. The molecule has 1 fully saturated rings. The maximum atomic E-state index is 11.3. The first-order valence-electron chi connectivity index (χ1n) is 13.0. The molecule has 0 saturated carbocycles. The highest BCUT2D eigenvalue weighted by molar-refractivity contribution is 7.99. The molecule has 1 saturated heterocycles. The zero-order valence-corrected chi connectivity index (χ0v) is 23.7. The molecule has 1 aliphatic heterocycles. The molecule has 0 unspecified atom stereocenters. The molecule has 1 aliphatic rings. The smallest absolute Gasteiger partial charge is 0.227 e. The van der Waals surface area contributed by atoms with E-state index in [4.69, 9.17) is 16.0 Å². The standard InChI is InChI=1S/C31H26ClN5O2S/c1-19-23(5-3-6-24(19)31-35-26-14-20(17-38)13-21(15-33)30(26)39-31)25-7-4-8-27(29(25)32)40-28-16-37(18-34-28)22-9-11-36(2)12-10-22/h3-8,13-14,16-18,22H,9-12H2,1-2H3. The minimum absolute atomic E-state index is 0.276. The second kappa shape index (κ2) is 10.9. The van der Waals surface area contributed by atoms with E-state index in [1.807, 2.05) is 49.6 Å². The van der Waals surface area contributed by atoms with Crippen LogP contribution in [0.15, 0.2) is 75.4 Å². The number of aldehydes is 1. The third-order valence-corrected chi connectivity index (χ3v) is 8.99. The van der Waals surface area contributed by atoms with E-state index in [-0.39, 0.29) is 5.56 Å². The number of nitrogens with zero attached hydrogens (tertiary/aromatic N) is 5. The van der Waals surface area contributed by atoms with Crippen molar-refractivity contribution in [1.82, 2.24) is 19.4 Å². The average molecular weight is 568 g/mol. The van der Waals surface area contributed by atoms with Crippen molar-refractivity contribution >= 4 is 40.7 Å². The van der Waals surface area contributed by atoms with Gasteiger partial charge in [-0.15, -0.1) is 0 Å². The van der Waals surface area contributed by atoms with Gasteiger partial charge in [0.15, 0.2) is 5.58 Å². The van der Waals surface area contributed by atoms with Crippen molar-refractivity contribution in [2.24, 2.45) is 0 Å². The van der Waals surface area contributed by atoms with E-state index in [9.17, 15) is 10.1 Å². The maximum Gasteiger partial charge on any atom is 0.227 e. The Bertz CT molecular complexity index is 1780. The van der Waals surface area contributed by atoms with Crippen LogP contribution < -0.4 is 0 Å². The number of oxazole rings is 1. The van der Waals surface area contributed by atoms with E-state index < -0.39 is 0 Å². The number of aromatic nitrogens is 3. The zero-order valence-electron chi connectivity index (χ0n) is 22.1. The van der Waals surface area contributed by atoms with E-state index in [1.165, 1.54) is 6.07 Å². The Morgan fingerprint density at radius 3 is 2.65 bits per heavy atom. The van der Waals surface area contributed by atoms with Gasteiger partial charge in [0.1, 0.15) is 22.9 Å². The highest BCUT2D eigenvalue weighted by Crippen LogP contribution is 2.42. The number of fused-ring (bicyclic) bond motifs is 1. The topological polar surface area (TPSA) is 87.9 Å². The molecule has 200 valence electrons. The summed E-state index contributed by atoms with van der Waals surface area (Å²) in [5.74, 6) is 0.384. The van der Waals surface area contributed by atoms with E-state index in [0.717, 1.165) is 58.1 Å². The van der Waals surface area contributed by atoms with Gasteiger partial charge in [0.05, 0.1) is 16.9 Å². The summed E-state index contributed by atoms with van der Waals surface area (Å²) in [6.07, 6.45) is 7.00. The molecule has 0 N–H and O–H groups in total. The van der Waals surface area contributed by atoms with E-state index in [0.29, 0.717) is 39.9 Å². The van der Waals surface area contributed by atoms with Gasteiger partial charge < -0.3 is 13.9 Å². The van der Waals surface area contributed by atoms with Gasteiger partial charge in [-0.25, -0.2) is 9.97 Å². The van der Waals surface area contributed by atoms with Crippen molar-refractivity contribution in [2.75, 3.05) is 20.1 Å². The van der Waals surface area contributed by atoms with Crippen LogP contribution in [0.25, 0.3) is 33.7 Å². The number of benzene rings is 3. The fraction of sp³-hybridized carbons (Fsp3) is 0.226. The molecule has 5 aromatic rings. The lowest BCUT2D eigenvalue weighted by molar-refractivity contribution is 0.112. The summed E-state index contributed by atoms with van der Waals surface area (Å²) >= 11 is 8.56. The van der Waals surface area contributed by atoms with Crippen molar-refractivity contribution in [3.8, 4) is 28.7 Å². The second-order valence-electron chi connectivity index (χ2n) is 10.1. The van der Waals surface area contributed by atoms with Gasteiger partial charge in [-0.05, 0) is 75.3 Å². The Hall–Kier alpha value is -3.90. The summed E-state index contributed by atoms with van der Waals surface area (Å²) in [7, 11) is 2.17. The summed E-state index contributed by atoms with van der Waals surface area (Å²) in [5.41, 5.74) is 5.08. The SMILES string of the molecule is Cc1c(-c2nc3cc(C=O)cc(C#N)c3o2)cccc1-c1cccc(Sc2cn(C3CCN(C)CC3)cn2)c1Cl. The number of imidazole rings is 1. The number of halogens is 1. The normalized spacial score (nSPS) is 14.4. The number of hydrogen-bond acceptors (Lipinski definition) is 7. The number of hydrogen-bond donors (Lipinski definition) is 0. The Kier molecular flexibility index (Phi) is 7.20. The van der Waals surface area contributed by atoms with Crippen LogP contribution in [-0.4, -0.2) is 45.9 Å². The second-order valence-corrected chi connectivity index (χ2v) is 11.5. The van der Waals surface area contributed by atoms with Gasteiger partial charge in [0.25, 0.3) is 0 Å². The number of carbonyl (C=O) groups is 1. The van der Waals surface area contributed by atoms with Crippen molar-refractivity contribution in [3.63, 3.8) is 0 Å². The van der Waals surface area contributed by atoms with Gasteiger partial charge in [0, 0.05) is 33.8 Å². The van der Waals surface area contributed by atoms with Crippen LogP contribution in [0.2, 0.25) is 5.02 Å². The predicted molar refractivity (Wildman–Crippen MR) is 157 cm³/mol. The Morgan fingerprint density at radius 2 is 1.88 bits per heavy atom. The highest BCUT2D eigenvalue weighted by Gasteiger charge is 2.21. The lowest BCUT2D eigenvalue weighted by Crippen LogP contribution is -2.31. The Labute approximate surface area is 241 Å². The van der Waals surface area contributed by atoms with Gasteiger partial charge in [0.2, 0.25) is 5.89 Å². The van der Waals surface area contributed by atoms with E-state index in [1.54, 1.807) is 17.8 Å². The molecule has 40 heavy (non-hydrogen) atoms. The summed E-state index contributed by atoms with van der Waals surface area (Å²) in [6, 6.07) is 17.6. The lowest BCUT2D eigenvalue weighted by atomic mass is 9.96. The van der Waals surface area contributed by atoms with Gasteiger partial charge in [-0.2, -0.15) is 5.26 Å². The molecule has 0 bridgehead atoms. The molecule has 9 heteroatoms. The Morgan fingerprint density at radius 1 is 1.12 bits per heavy atom.